The summed E-state index contributed by atoms with van der Waals surface area (Å²) in [6.07, 6.45) is 2.10. The molecule has 168 valence electrons. The van der Waals surface area contributed by atoms with E-state index in [1.807, 2.05) is 5.01 Å². The van der Waals surface area contributed by atoms with Crippen molar-refractivity contribution in [1.82, 2.24) is 0 Å². The molecule has 2 rings (SSSR count). The molecule has 0 unspecified atom stereocenters. The first-order valence-electron chi connectivity index (χ1n) is 11.7. The average Bonchev–Trinajstić information content (AvgIpc) is 2.69. The zero-order chi connectivity index (χ0) is 23.3. The maximum absolute atomic E-state index is 4.89. The van der Waals surface area contributed by atoms with Crippen molar-refractivity contribution in [3.8, 4) is 0 Å². The van der Waals surface area contributed by atoms with E-state index in [0.717, 1.165) is 11.4 Å². The topological polar surface area (TPSA) is 28.0 Å². The van der Waals surface area contributed by atoms with Gasteiger partial charge >= 0.3 is 0 Å². The van der Waals surface area contributed by atoms with Gasteiger partial charge in [0.15, 0.2) is 0 Å². The van der Waals surface area contributed by atoms with Crippen molar-refractivity contribution in [2.24, 2.45) is 10.3 Å². The molecule has 0 aliphatic heterocycles. The van der Waals surface area contributed by atoms with Crippen LogP contribution in [0.4, 0.5) is 11.4 Å². The minimum absolute atomic E-state index is 0.388. The smallest absolute Gasteiger partial charge is 0.0943 e. The number of nitrogens with zero attached hydrogens (tertiary/aromatic N) is 3. The van der Waals surface area contributed by atoms with E-state index in [1.165, 1.54) is 27.8 Å². The lowest BCUT2D eigenvalue weighted by atomic mass is 9.92. The van der Waals surface area contributed by atoms with Gasteiger partial charge in [0.05, 0.1) is 11.4 Å². The first-order valence-corrected chi connectivity index (χ1v) is 11.7. The summed E-state index contributed by atoms with van der Waals surface area (Å²) in [6.45, 7) is 22.1. The van der Waals surface area contributed by atoms with Crippen LogP contribution in [0.15, 0.2) is 58.5 Å². The lowest BCUT2D eigenvalue weighted by Gasteiger charge is -2.25. The Bertz CT molecular complexity index is 877. The normalized spacial score (nSPS) is 11.9. The third-order valence-electron chi connectivity index (χ3n) is 5.54. The summed E-state index contributed by atoms with van der Waals surface area (Å²) in [4.78, 5) is 0. The van der Waals surface area contributed by atoms with Gasteiger partial charge in [-0.2, -0.15) is 0 Å². The molecule has 0 saturated heterocycles. The summed E-state index contributed by atoms with van der Waals surface area (Å²) in [6, 6.07) is 13.1. The second-order valence-electron chi connectivity index (χ2n) is 9.93. The lowest BCUT2D eigenvalue weighted by molar-refractivity contribution is 0.801. The molecule has 0 heterocycles. The van der Waals surface area contributed by atoms with Crippen molar-refractivity contribution in [2.45, 2.75) is 92.9 Å². The molecule has 0 aliphatic carbocycles. The molecule has 3 heteroatoms. The van der Waals surface area contributed by atoms with E-state index in [1.54, 1.807) is 0 Å². The first kappa shape index (κ1) is 24.8. The first-order chi connectivity index (χ1) is 14.5. The predicted molar refractivity (Wildman–Crippen MR) is 136 cm³/mol. The van der Waals surface area contributed by atoms with Crippen LogP contribution in [0.3, 0.4) is 0 Å². The highest BCUT2D eigenvalue weighted by Gasteiger charge is 2.19. The number of hydrogen-bond acceptors (Lipinski definition) is 2. The fourth-order valence-electron chi connectivity index (χ4n) is 3.88. The van der Waals surface area contributed by atoms with Gasteiger partial charge in [-0.15, -0.1) is 5.11 Å². The Balaban J connectivity index is 2.74. The van der Waals surface area contributed by atoms with Crippen LogP contribution in [0, 0.1) is 0 Å². The van der Waals surface area contributed by atoms with Gasteiger partial charge in [-0.05, 0) is 59.8 Å². The largest absolute Gasteiger partial charge is 0.222 e. The monoisotopic (exact) mass is 419 g/mol. The highest BCUT2D eigenvalue weighted by atomic mass is 15.5. The van der Waals surface area contributed by atoms with E-state index in [0.29, 0.717) is 23.7 Å². The fraction of sp³-hybridized carbons (Fsp3) is 0.500. The Labute approximate surface area is 190 Å². The molecule has 31 heavy (non-hydrogen) atoms. The molecule has 0 saturated carbocycles. The second kappa shape index (κ2) is 10.7. The zero-order valence-corrected chi connectivity index (χ0v) is 21.2. The molecule has 0 aromatic heterocycles. The third kappa shape index (κ3) is 6.06. The quantitative estimate of drug-likeness (QED) is 0.309. The van der Waals surface area contributed by atoms with Crippen LogP contribution in [-0.2, 0) is 0 Å². The van der Waals surface area contributed by atoms with Gasteiger partial charge in [-0.3, -0.25) is 0 Å². The van der Waals surface area contributed by atoms with Crippen molar-refractivity contribution in [3.05, 3.63) is 70.4 Å². The Morgan fingerprint density at radius 2 is 1.06 bits per heavy atom. The highest BCUT2D eigenvalue weighted by Crippen LogP contribution is 2.38. The van der Waals surface area contributed by atoms with Gasteiger partial charge in [-0.1, -0.05) is 103 Å². The van der Waals surface area contributed by atoms with Gasteiger partial charge in [0.25, 0.3) is 0 Å². The fourth-order valence-corrected chi connectivity index (χ4v) is 3.88. The molecule has 0 atom stereocenters. The minimum atomic E-state index is 0.388. The zero-order valence-electron chi connectivity index (χ0n) is 21.2. The molecular formula is C28H41N3. The van der Waals surface area contributed by atoms with Crippen LogP contribution in [-0.4, -0.2) is 0 Å². The summed E-state index contributed by atoms with van der Waals surface area (Å²) in [5, 5.41) is 11.7. The maximum Gasteiger partial charge on any atom is 0.0943 e. The molecule has 0 radical (unpaired) electrons. The number of allylic oxidation sites excluding steroid dienone is 1. The molecule has 0 fully saturated rings. The van der Waals surface area contributed by atoms with Crippen molar-refractivity contribution in [1.29, 1.82) is 0 Å². The van der Waals surface area contributed by atoms with E-state index in [-0.39, 0.29) is 0 Å². The average molecular weight is 420 g/mol. The van der Waals surface area contributed by atoms with Gasteiger partial charge in [0.2, 0.25) is 0 Å². The lowest BCUT2D eigenvalue weighted by Crippen LogP contribution is -2.14. The van der Waals surface area contributed by atoms with Gasteiger partial charge in [0, 0.05) is 6.20 Å². The van der Waals surface area contributed by atoms with Crippen molar-refractivity contribution >= 4 is 11.4 Å². The number of benzene rings is 2. The van der Waals surface area contributed by atoms with Crippen LogP contribution in [0.1, 0.15) is 115 Å². The third-order valence-corrected chi connectivity index (χ3v) is 5.54. The van der Waals surface area contributed by atoms with Crippen molar-refractivity contribution in [2.75, 3.05) is 5.01 Å². The summed E-state index contributed by atoms with van der Waals surface area (Å²) >= 11 is 0. The molecular weight excluding hydrogens is 378 g/mol. The molecule has 3 nitrogen and oxygen atoms in total. The van der Waals surface area contributed by atoms with Crippen LogP contribution in [0.5, 0.6) is 0 Å². The molecule has 0 spiro atoms. The Morgan fingerprint density at radius 3 is 1.42 bits per heavy atom. The molecule has 0 N–H and O–H groups in total. The van der Waals surface area contributed by atoms with Crippen LogP contribution < -0.4 is 5.01 Å². The summed E-state index contributed by atoms with van der Waals surface area (Å²) in [5.41, 5.74) is 8.43. The Kier molecular flexibility index (Phi) is 8.61. The Hall–Kier alpha value is -2.42. The van der Waals surface area contributed by atoms with E-state index >= 15 is 0 Å². The number of hydrogen-bond donors (Lipinski definition) is 0. The standard InChI is InChI=1S/C28H41N3/c1-18(2)17-31(28-25(21(7)8)15-12-16-26(28)22(9)10)30-29-27-23(19(3)4)13-11-14-24(27)20(5)6/h11-17,19-22H,1-10H3. The van der Waals surface area contributed by atoms with E-state index in [9.17, 15) is 0 Å². The SMILES string of the molecule is CC(C)=CN(N=Nc1c(C(C)C)cccc1C(C)C)c1c(C(C)C)cccc1C(C)C. The molecule has 2 aromatic rings. The van der Waals surface area contributed by atoms with Gasteiger partial charge in [0.1, 0.15) is 0 Å². The summed E-state index contributed by atoms with van der Waals surface area (Å²) in [5.74, 6) is 1.56. The van der Waals surface area contributed by atoms with E-state index < -0.39 is 0 Å². The minimum Gasteiger partial charge on any atom is -0.222 e. The highest BCUT2D eigenvalue weighted by molar-refractivity contribution is 5.63. The maximum atomic E-state index is 4.89. The number of anilines is 1. The van der Waals surface area contributed by atoms with Gasteiger partial charge < -0.3 is 0 Å². The van der Waals surface area contributed by atoms with E-state index in [2.05, 4.69) is 112 Å². The van der Waals surface area contributed by atoms with Crippen molar-refractivity contribution in [3.63, 3.8) is 0 Å². The summed E-state index contributed by atoms with van der Waals surface area (Å²) < 4.78 is 0. The second-order valence-corrected chi connectivity index (χ2v) is 9.93. The molecule has 2 aromatic carbocycles. The van der Waals surface area contributed by atoms with Crippen LogP contribution in [0.2, 0.25) is 0 Å². The molecule has 0 amide bonds. The molecule has 0 aliphatic rings. The summed E-state index contributed by atoms with van der Waals surface area (Å²) in [7, 11) is 0. The number of para-hydroxylation sites is 1. The van der Waals surface area contributed by atoms with E-state index in [4.69, 9.17) is 10.3 Å². The van der Waals surface area contributed by atoms with Crippen molar-refractivity contribution < 1.29 is 0 Å². The van der Waals surface area contributed by atoms with Crippen LogP contribution in [0.25, 0.3) is 0 Å². The Morgan fingerprint density at radius 1 is 0.677 bits per heavy atom. The molecule has 0 bridgehead atoms. The van der Waals surface area contributed by atoms with Gasteiger partial charge in [-0.25, -0.2) is 5.01 Å². The van der Waals surface area contributed by atoms with Crippen LogP contribution >= 0.6 is 0 Å². The number of rotatable bonds is 8. The predicted octanol–water partition coefficient (Wildman–Crippen LogP) is 9.61.